The maximum Gasteiger partial charge on any atom is 0.309 e. The summed E-state index contributed by atoms with van der Waals surface area (Å²) in [5.41, 5.74) is 2.04. The molecule has 2 saturated heterocycles. The minimum Gasteiger partial charge on any atom is -0.466 e. The molecule has 3 fully saturated rings. The number of esters is 1. The number of pyridine rings is 1. The average Bonchev–Trinajstić information content (AvgIpc) is 3.49. The fourth-order valence-corrected chi connectivity index (χ4v) is 9.05. The molecular weight excluding hydrogens is 687 g/mol. The van der Waals surface area contributed by atoms with E-state index in [-0.39, 0.29) is 35.5 Å². The number of allylic oxidation sites excluding steroid dienone is 2. The number of piperazine rings is 1. The lowest BCUT2D eigenvalue weighted by Crippen LogP contribution is -2.50. The van der Waals surface area contributed by atoms with Crippen LogP contribution >= 0.6 is 58.7 Å². The molecule has 0 spiro atoms. The molecule has 2 aromatic heterocycles. The van der Waals surface area contributed by atoms with Crippen molar-refractivity contribution in [2.24, 2.45) is 5.92 Å². The molecule has 1 aliphatic carbocycles. The minimum absolute atomic E-state index is 0. The number of halogens is 3. The first kappa shape index (κ1) is 35.3. The topological polar surface area (TPSA) is 90.9 Å². The molecule has 1 amide bonds. The zero-order valence-electron chi connectivity index (χ0n) is 26.0. The summed E-state index contributed by atoms with van der Waals surface area (Å²) in [5.74, 6) is -0.554. The molecule has 1 atom stereocenters. The van der Waals surface area contributed by atoms with Gasteiger partial charge in [0.05, 0.1) is 34.7 Å². The highest BCUT2D eigenvalue weighted by Crippen LogP contribution is 2.45. The zero-order valence-corrected chi connectivity index (χ0v) is 29.9. The Morgan fingerprint density at radius 1 is 1.02 bits per heavy atom. The first-order chi connectivity index (χ1) is 21.9. The monoisotopic (exact) mass is 726 g/mol. The van der Waals surface area contributed by atoms with E-state index in [1.54, 1.807) is 17.8 Å². The summed E-state index contributed by atoms with van der Waals surface area (Å²) in [6, 6.07) is 2.49. The first-order valence-corrected chi connectivity index (χ1v) is 18.5. The molecule has 6 rings (SSSR count). The molecule has 4 aliphatic rings. The van der Waals surface area contributed by atoms with E-state index in [2.05, 4.69) is 31.1 Å². The Bertz CT molecular complexity index is 1430. The highest BCUT2D eigenvalue weighted by Gasteiger charge is 2.31. The van der Waals surface area contributed by atoms with Crippen LogP contribution in [0.1, 0.15) is 73.2 Å². The van der Waals surface area contributed by atoms with Gasteiger partial charge in [-0.05, 0) is 50.2 Å². The number of ether oxygens (including phenoxy) is 1. The van der Waals surface area contributed by atoms with Crippen molar-refractivity contribution < 1.29 is 14.3 Å². The summed E-state index contributed by atoms with van der Waals surface area (Å²) < 4.78 is 5.20. The van der Waals surface area contributed by atoms with Crippen LogP contribution in [0.25, 0.3) is 0 Å². The summed E-state index contributed by atoms with van der Waals surface area (Å²) in [6.45, 7) is 7.43. The van der Waals surface area contributed by atoms with Gasteiger partial charge in [-0.3, -0.25) is 19.8 Å². The third-order valence-electron chi connectivity index (χ3n) is 9.11. The molecule has 9 nitrogen and oxygen atoms in total. The molecular formula is C32H41Cl3N6O3S2. The molecule has 1 N–H and O–H groups in total. The maximum absolute atomic E-state index is 13.5. The van der Waals surface area contributed by atoms with Gasteiger partial charge in [-0.2, -0.15) is 0 Å². The Kier molecular flexibility index (Phi) is 12.6. The van der Waals surface area contributed by atoms with Crippen molar-refractivity contribution in [1.29, 1.82) is 0 Å². The van der Waals surface area contributed by atoms with E-state index in [1.165, 1.54) is 49.6 Å². The van der Waals surface area contributed by atoms with E-state index in [4.69, 9.17) is 32.9 Å². The zero-order chi connectivity index (χ0) is 31.3. The molecule has 0 radical (unpaired) electrons. The lowest BCUT2D eigenvalue weighted by molar-refractivity contribution is -0.148. The third kappa shape index (κ3) is 8.33. The lowest BCUT2D eigenvalue weighted by Gasteiger charge is -2.41. The van der Waals surface area contributed by atoms with Crippen LogP contribution in [0.2, 0.25) is 5.15 Å². The number of rotatable bonds is 8. The van der Waals surface area contributed by atoms with Crippen LogP contribution in [0.5, 0.6) is 0 Å². The van der Waals surface area contributed by atoms with Crippen molar-refractivity contribution in [2.75, 3.05) is 61.0 Å². The Balaban J connectivity index is 0.00000417. The van der Waals surface area contributed by atoms with E-state index < -0.39 is 0 Å². The quantitative estimate of drug-likeness (QED) is 0.219. The van der Waals surface area contributed by atoms with Gasteiger partial charge in [0.25, 0.3) is 5.91 Å². The number of piperidine rings is 1. The first-order valence-electron chi connectivity index (χ1n) is 16.0. The van der Waals surface area contributed by atoms with E-state index in [1.807, 2.05) is 18.4 Å². The fourth-order valence-electron chi connectivity index (χ4n) is 6.65. The summed E-state index contributed by atoms with van der Waals surface area (Å²) in [6.07, 6.45) is 13.5. The highest BCUT2D eigenvalue weighted by atomic mass is 35.5. The molecule has 5 heterocycles. The number of hydrogen-bond acceptors (Lipinski definition) is 10. The predicted octanol–water partition coefficient (Wildman–Crippen LogP) is 7.52. The number of thiazole rings is 1. The molecule has 250 valence electrons. The van der Waals surface area contributed by atoms with Crippen molar-refractivity contribution in [2.45, 2.75) is 63.2 Å². The number of thioether (sulfide) groups is 1. The standard InChI is InChI=1S/C32H40Cl2N6O3S2.ClH/c1-2-43-31(42)21-10-12-39(13-11-21)25-18-22(19-35-28(25)34)29(41)37-32-36-27(26-9-8-23(33)20-44-26)30(45-32)40-16-14-38(15-17-40)24-6-4-3-5-7-24;/h8-9,18-21,24,26H,2-7,10-17H2,1H3,(H,36,37,41);1H. The molecule has 0 bridgehead atoms. The van der Waals surface area contributed by atoms with Crippen LogP contribution in [0.4, 0.5) is 15.8 Å². The molecule has 1 saturated carbocycles. The van der Waals surface area contributed by atoms with Gasteiger partial charge in [-0.25, -0.2) is 9.97 Å². The van der Waals surface area contributed by atoms with Gasteiger partial charge in [-0.15, -0.1) is 24.2 Å². The SMILES string of the molecule is CCOC(=O)C1CCN(c2cc(C(=O)Nc3nc(C4C=CC(Cl)=CS4)c(N4CCN(C5CCCCC5)CC4)s3)cnc2Cl)CC1.Cl. The number of anilines is 3. The number of nitrogens with one attached hydrogen (secondary N) is 1. The van der Waals surface area contributed by atoms with Crippen LogP contribution in [-0.4, -0.2) is 78.7 Å². The number of nitrogens with zero attached hydrogens (tertiary/aromatic N) is 5. The second-order valence-electron chi connectivity index (χ2n) is 11.9. The molecule has 0 aromatic carbocycles. The molecule has 1 unspecified atom stereocenters. The van der Waals surface area contributed by atoms with Gasteiger partial charge in [0.1, 0.15) is 5.00 Å². The Morgan fingerprint density at radius 2 is 1.76 bits per heavy atom. The average molecular weight is 728 g/mol. The molecule has 2 aromatic rings. The Labute approximate surface area is 295 Å². The fraction of sp³-hybridized carbons (Fsp3) is 0.562. The van der Waals surface area contributed by atoms with E-state index >= 15 is 0 Å². The van der Waals surface area contributed by atoms with Crippen molar-refractivity contribution in [3.05, 3.63) is 51.3 Å². The molecule has 3 aliphatic heterocycles. The van der Waals surface area contributed by atoms with Crippen molar-refractivity contribution >= 4 is 86.4 Å². The number of amides is 1. The number of carbonyl (C=O) groups excluding carboxylic acids is 2. The Morgan fingerprint density at radius 3 is 2.43 bits per heavy atom. The number of aromatic nitrogens is 2. The predicted molar refractivity (Wildman–Crippen MR) is 192 cm³/mol. The van der Waals surface area contributed by atoms with Crippen LogP contribution in [-0.2, 0) is 9.53 Å². The lowest BCUT2D eigenvalue weighted by atomic mass is 9.94. The summed E-state index contributed by atoms with van der Waals surface area (Å²) in [4.78, 5) is 42.2. The van der Waals surface area contributed by atoms with Crippen LogP contribution in [0.15, 0.2) is 34.9 Å². The van der Waals surface area contributed by atoms with E-state index in [9.17, 15) is 9.59 Å². The van der Waals surface area contributed by atoms with Gasteiger partial charge >= 0.3 is 5.97 Å². The van der Waals surface area contributed by atoms with Crippen LogP contribution in [0, 0.1) is 5.92 Å². The maximum atomic E-state index is 13.5. The largest absolute Gasteiger partial charge is 0.466 e. The Hall–Kier alpha value is -2.02. The van der Waals surface area contributed by atoms with Gasteiger partial charge in [0.15, 0.2) is 10.3 Å². The minimum atomic E-state index is -0.287. The van der Waals surface area contributed by atoms with E-state index in [0.717, 1.165) is 36.9 Å². The molecule has 14 heteroatoms. The summed E-state index contributed by atoms with van der Waals surface area (Å²) >= 11 is 15.9. The van der Waals surface area contributed by atoms with Crippen LogP contribution < -0.4 is 15.1 Å². The van der Waals surface area contributed by atoms with Gasteiger partial charge < -0.3 is 14.5 Å². The van der Waals surface area contributed by atoms with Gasteiger partial charge in [0.2, 0.25) is 0 Å². The van der Waals surface area contributed by atoms with Gasteiger partial charge in [0, 0.05) is 56.5 Å². The molecule has 46 heavy (non-hydrogen) atoms. The normalized spacial score (nSPS) is 21.5. The smallest absolute Gasteiger partial charge is 0.309 e. The highest BCUT2D eigenvalue weighted by molar-refractivity contribution is 8.02. The van der Waals surface area contributed by atoms with Crippen molar-refractivity contribution in [3.8, 4) is 0 Å². The number of hydrogen-bond donors (Lipinski definition) is 1. The van der Waals surface area contributed by atoms with E-state index in [0.29, 0.717) is 65.1 Å². The second kappa shape index (κ2) is 16.4. The third-order valence-corrected chi connectivity index (χ3v) is 11.9. The van der Waals surface area contributed by atoms with Gasteiger partial charge in [-0.1, -0.05) is 59.9 Å². The van der Waals surface area contributed by atoms with Crippen molar-refractivity contribution in [1.82, 2.24) is 14.9 Å². The summed E-state index contributed by atoms with van der Waals surface area (Å²) in [5, 5.41) is 7.71. The van der Waals surface area contributed by atoms with Crippen LogP contribution in [0.3, 0.4) is 0 Å². The number of carbonyl (C=O) groups is 2. The summed E-state index contributed by atoms with van der Waals surface area (Å²) in [7, 11) is 0. The second-order valence-corrected chi connectivity index (χ2v) is 14.7. The van der Waals surface area contributed by atoms with Crippen molar-refractivity contribution in [3.63, 3.8) is 0 Å².